The van der Waals surface area contributed by atoms with E-state index in [0.29, 0.717) is 50.5 Å². The Kier molecular flexibility index (Phi) is 18.5. The number of unbranched alkanes of at least 4 members (excludes halogenated alkanes) is 20. The highest BCUT2D eigenvalue weighted by Gasteiger charge is 2.53. The quantitative estimate of drug-likeness (QED) is 0.0430. The summed E-state index contributed by atoms with van der Waals surface area (Å²) in [4.78, 5) is 25.9. The van der Waals surface area contributed by atoms with Crippen LogP contribution in [0.3, 0.4) is 0 Å². The Morgan fingerprint density at radius 2 is 0.723 bits per heavy atom. The van der Waals surface area contributed by atoms with Gasteiger partial charge < -0.3 is 23.7 Å². The van der Waals surface area contributed by atoms with Crippen molar-refractivity contribution in [1.29, 1.82) is 0 Å². The van der Waals surface area contributed by atoms with E-state index in [9.17, 15) is 9.59 Å². The summed E-state index contributed by atoms with van der Waals surface area (Å²) in [5.41, 5.74) is 0. The molecule has 4 rings (SSSR count). The maximum atomic E-state index is 13.0. The molecule has 7 heteroatoms. The maximum absolute atomic E-state index is 13.0. The van der Waals surface area contributed by atoms with E-state index in [1.165, 1.54) is 128 Å². The molecule has 1 saturated carbocycles. The van der Waals surface area contributed by atoms with E-state index < -0.39 is 11.8 Å². The average Bonchev–Trinajstić information content (AvgIpc) is 4.01. The van der Waals surface area contributed by atoms with Gasteiger partial charge in [-0.15, -0.1) is 0 Å². The number of carbonyl (C=O) groups is 2. The number of hydrogen-bond acceptors (Lipinski definition) is 7. The van der Waals surface area contributed by atoms with Gasteiger partial charge >= 0.3 is 11.9 Å². The molecule has 272 valence electrons. The molecule has 4 fully saturated rings. The number of esters is 2. The van der Waals surface area contributed by atoms with E-state index in [4.69, 9.17) is 23.7 Å². The number of fused-ring (bicyclic) bond motifs is 1. The second kappa shape index (κ2) is 22.5. The van der Waals surface area contributed by atoms with Crippen molar-refractivity contribution in [2.75, 3.05) is 13.2 Å². The van der Waals surface area contributed by atoms with Gasteiger partial charge in [0.2, 0.25) is 0 Å². The van der Waals surface area contributed by atoms with Crippen LogP contribution < -0.4 is 0 Å². The van der Waals surface area contributed by atoms with Crippen LogP contribution in [-0.2, 0) is 33.3 Å². The summed E-state index contributed by atoms with van der Waals surface area (Å²) in [6.07, 6.45) is 33.7. The highest BCUT2D eigenvalue weighted by molar-refractivity contribution is 5.82. The zero-order valence-electron chi connectivity index (χ0n) is 30.3. The summed E-state index contributed by atoms with van der Waals surface area (Å²) in [6.45, 7) is 5.24. The molecule has 1 aliphatic carbocycles. The van der Waals surface area contributed by atoms with Crippen molar-refractivity contribution in [3.8, 4) is 0 Å². The molecular weight excluding hydrogens is 592 g/mol. The largest absolute Gasteiger partial charge is 0.465 e. The fourth-order valence-electron chi connectivity index (χ4n) is 7.65. The SMILES string of the molecule is CC1OC1CCCCCCCCCCCCCOC(=O)C1CC2OC2CC1C(=O)OCCCCCCCCCCCCCC1OC1C. The molecule has 4 aliphatic rings. The third-order valence-electron chi connectivity index (χ3n) is 11.2. The van der Waals surface area contributed by atoms with Gasteiger partial charge in [0.15, 0.2) is 0 Å². The molecule has 3 aliphatic heterocycles. The molecule has 0 aromatic heterocycles. The topological polar surface area (TPSA) is 90.2 Å². The van der Waals surface area contributed by atoms with Crippen LogP contribution in [0.2, 0.25) is 0 Å². The van der Waals surface area contributed by atoms with Crippen molar-refractivity contribution >= 4 is 11.9 Å². The van der Waals surface area contributed by atoms with E-state index in [1.807, 2.05) is 0 Å². The Morgan fingerprint density at radius 1 is 0.447 bits per heavy atom. The third kappa shape index (κ3) is 16.4. The molecule has 3 heterocycles. The summed E-state index contributed by atoms with van der Waals surface area (Å²) in [5.74, 6) is -1.31. The van der Waals surface area contributed by atoms with E-state index in [1.54, 1.807) is 0 Å². The van der Waals surface area contributed by atoms with E-state index >= 15 is 0 Å². The summed E-state index contributed by atoms with van der Waals surface area (Å²) in [7, 11) is 0. The molecule has 47 heavy (non-hydrogen) atoms. The summed E-state index contributed by atoms with van der Waals surface area (Å²) < 4.78 is 28.0. The molecule has 0 aromatic carbocycles. The van der Waals surface area contributed by atoms with Crippen molar-refractivity contribution in [3.63, 3.8) is 0 Å². The minimum absolute atomic E-state index is 0.115. The van der Waals surface area contributed by atoms with Crippen LogP contribution >= 0.6 is 0 Å². The van der Waals surface area contributed by atoms with Gasteiger partial charge in [0, 0.05) is 0 Å². The molecule has 0 radical (unpaired) electrons. The van der Waals surface area contributed by atoms with Crippen LogP contribution in [0.1, 0.15) is 181 Å². The van der Waals surface area contributed by atoms with Crippen LogP contribution in [0.15, 0.2) is 0 Å². The molecule has 0 amide bonds. The second-order valence-electron chi connectivity index (χ2n) is 15.3. The molecular formula is C40H70O7. The minimum atomic E-state index is -0.423. The van der Waals surface area contributed by atoms with E-state index in [-0.39, 0.29) is 24.1 Å². The lowest BCUT2D eigenvalue weighted by atomic mass is 9.79. The lowest BCUT2D eigenvalue weighted by molar-refractivity contribution is -0.162. The standard InChI is InChI=1S/C40H70O7/c1-31-35(45-31)25-21-17-13-9-5-3-7-11-15-19-23-27-43-39(41)33-29-37-38(47-37)30-34(33)40(42)44-28-24-20-16-12-8-4-6-10-14-18-22-26-36-32(2)46-36/h31-38H,3-30H2,1-2H3. The number of hydrogen-bond donors (Lipinski definition) is 0. The molecule has 3 saturated heterocycles. The Hall–Kier alpha value is -1.18. The predicted octanol–water partition coefficient (Wildman–Crippen LogP) is 9.80. The average molecular weight is 663 g/mol. The van der Waals surface area contributed by atoms with Crippen LogP contribution in [0.4, 0.5) is 0 Å². The normalized spacial score (nSPS) is 28.9. The van der Waals surface area contributed by atoms with Crippen LogP contribution in [0.5, 0.6) is 0 Å². The zero-order valence-corrected chi connectivity index (χ0v) is 30.3. The van der Waals surface area contributed by atoms with Crippen molar-refractivity contribution in [1.82, 2.24) is 0 Å². The number of carbonyl (C=O) groups excluding carboxylic acids is 2. The number of rotatable bonds is 30. The molecule has 0 N–H and O–H groups in total. The smallest absolute Gasteiger partial charge is 0.309 e. The first-order valence-electron chi connectivity index (χ1n) is 20.3. The molecule has 0 aromatic rings. The van der Waals surface area contributed by atoms with Crippen LogP contribution in [-0.4, -0.2) is 61.8 Å². The van der Waals surface area contributed by atoms with Crippen molar-refractivity contribution in [2.45, 2.75) is 217 Å². The highest BCUT2D eigenvalue weighted by atomic mass is 16.6. The molecule has 0 spiro atoms. The van der Waals surface area contributed by atoms with E-state index in [2.05, 4.69) is 13.8 Å². The van der Waals surface area contributed by atoms with Gasteiger partial charge in [-0.1, -0.05) is 128 Å². The monoisotopic (exact) mass is 663 g/mol. The van der Waals surface area contributed by atoms with Gasteiger partial charge in [-0.2, -0.15) is 0 Å². The van der Waals surface area contributed by atoms with Gasteiger partial charge in [-0.3, -0.25) is 9.59 Å². The summed E-state index contributed by atoms with van der Waals surface area (Å²) in [5, 5.41) is 0. The van der Waals surface area contributed by atoms with Gasteiger partial charge in [0.1, 0.15) is 0 Å². The fourth-order valence-corrected chi connectivity index (χ4v) is 7.65. The Morgan fingerprint density at radius 3 is 1.02 bits per heavy atom. The van der Waals surface area contributed by atoms with Crippen molar-refractivity contribution in [3.05, 3.63) is 0 Å². The Balaban J connectivity index is 0.913. The Labute approximate surface area is 287 Å². The molecule has 8 atom stereocenters. The predicted molar refractivity (Wildman–Crippen MR) is 186 cm³/mol. The van der Waals surface area contributed by atoms with Gasteiger partial charge in [-0.05, 0) is 52.4 Å². The number of ether oxygens (including phenoxy) is 5. The van der Waals surface area contributed by atoms with E-state index in [0.717, 1.165) is 25.7 Å². The van der Waals surface area contributed by atoms with Crippen molar-refractivity contribution < 1.29 is 33.3 Å². The Bertz CT molecular complexity index is 796. The second-order valence-corrected chi connectivity index (χ2v) is 15.3. The van der Waals surface area contributed by atoms with Crippen LogP contribution in [0.25, 0.3) is 0 Å². The molecule has 0 bridgehead atoms. The molecule has 8 unspecified atom stereocenters. The first kappa shape index (κ1) is 38.6. The first-order chi connectivity index (χ1) is 23.0. The van der Waals surface area contributed by atoms with Crippen molar-refractivity contribution in [2.24, 2.45) is 11.8 Å². The number of epoxide rings is 3. The summed E-state index contributed by atoms with van der Waals surface area (Å²) >= 11 is 0. The van der Waals surface area contributed by atoms with Gasteiger partial charge in [-0.25, -0.2) is 0 Å². The zero-order chi connectivity index (χ0) is 33.1. The van der Waals surface area contributed by atoms with Gasteiger partial charge in [0.05, 0.1) is 61.7 Å². The lowest BCUT2D eigenvalue weighted by Gasteiger charge is -2.26. The lowest BCUT2D eigenvalue weighted by Crippen LogP contribution is -2.37. The highest BCUT2D eigenvalue weighted by Crippen LogP contribution is 2.44. The minimum Gasteiger partial charge on any atom is -0.465 e. The van der Waals surface area contributed by atoms with Crippen LogP contribution in [0, 0.1) is 11.8 Å². The first-order valence-corrected chi connectivity index (χ1v) is 20.3. The summed E-state index contributed by atoms with van der Waals surface area (Å²) in [6, 6.07) is 0. The van der Waals surface area contributed by atoms with Gasteiger partial charge in [0.25, 0.3) is 0 Å². The third-order valence-corrected chi connectivity index (χ3v) is 11.2. The fraction of sp³-hybridized carbons (Fsp3) is 0.950. The molecule has 7 nitrogen and oxygen atoms in total. The maximum Gasteiger partial charge on any atom is 0.309 e.